The maximum atomic E-state index is 12.5. The van der Waals surface area contributed by atoms with Crippen molar-refractivity contribution >= 4 is 17.5 Å². The van der Waals surface area contributed by atoms with Gasteiger partial charge in [0, 0.05) is 39.8 Å². The van der Waals surface area contributed by atoms with Gasteiger partial charge in [-0.25, -0.2) is 0 Å². The van der Waals surface area contributed by atoms with E-state index in [1.54, 1.807) is 13.2 Å². The van der Waals surface area contributed by atoms with Crippen molar-refractivity contribution in [2.75, 3.05) is 26.2 Å². The van der Waals surface area contributed by atoms with E-state index in [2.05, 4.69) is 34.3 Å². The molecule has 0 bridgehead atoms. The Labute approximate surface area is 135 Å². The molecule has 0 aliphatic carbocycles. The zero-order valence-corrected chi connectivity index (χ0v) is 13.3. The third-order valence-corrected chi connectivity index (χ3v) is 4.45. The Hall–Kier alpha value is -1.85. The van der Waals surface area contributed by atoms with Gasteiger partial charge in [0.15, 0.2) is 0 Å². The minimum atomic E-state index is -0.0301. The second-order valence-corrected chi connectivity index (χ2v) is 5.88. The molecule has 0 radical (unpaired) electrons. The Morgan fingerprint density at radius 2 is 1.86 bits per heavy atom. The summed E-state index contributed by atoms with van der Waals surface area (Å²) in [5, 5.41) is 4.43. The summed E-state index contributed by atoms with van der Waals surface area (Å²) in [6, 6.07) is 10.4. The Balaban J connectivity index is 1.57. The molecular weight excluding hydrogens is 300 g/mol. The van der Waals surface area contributed by atoms with Gasteiger partial charge in [-0.3, -0.25) is 14.4 Å². The highest BCUT2D eigenvalue weighted by Gasteiger charge is 2.25. The van der Waals surface area contributed by atoms with Crippen LogP contribution in [0.15, 0.2) is 36.5 Å². The molecule has 2 heterocycles. The molecular formula is C16H19ClN4O. The average molecular weight is 319 g/mol. The first kappa shape index (κ1) is 15.1. The molecule has 1 aliphatic heterocycles. The number of benzene rings is 1. The average Bonchev–Trinajstić information content (AvgIpc) is 2.88. The molecule has 1 amide bonds. The van der Waals surface area contributed by atoms with E-state index in [0.29, 0.717) is 10.7 Å². The van der Waals surface area contributed by atoms with Crippen LogP contribution in [0.5, 0.6) is 0 Å². The van der Waals surface area contributed by atoms with Crippen LogP contribution in [0.3, 0.4) is 0 Å². The predicted molar refractivity (Wildman–Crippen MR) is 85.8 cm³/mol. The highest BCUT2D eigenvalue weighted by atomic mass is 35.5. The summed E-state index contributed by atoms with van der Waals surface area (Å²) >= 11 is 6.10. The lowest BCUT2D eigenvalue weighted by Crippen LogP contribution is -2.48. The molecule has 1 aliphatic rings. The zero-order chi connectivity index (χ0) is 15.5. The summed E-state index contributed by atoms with van der Waals surface area (Å²) in [7, 11) is 1.73. The number of aryl methyl sites for hydroxylation is 1. The first-order valence-electron chi connectivity index (χ1n) is 7.38. The van der Waals surface area contributed by atoms with Gasteiger partial charge in [-0.05, 0) is 5.56 Å². The first-order chi connectivity index (χ1) is 10.6. The molecule has 1 fully saturated rings. The zero-order valence-electron chi connectivity index (χ0n) is 12.6. The lowest BCUT2D eigenvalue weighted by Gasteiger charge is -2.34. The van der Waals surface area contributed by atoms with Gasteiger partial charge in [0.25, 0.3) is 5.91 Å². The molecule has 0 spiro atoms. The fourth-order valence-electron chi connectivity index (χ4n) is 2.69. The summed E-state index contributed by atoms with van der Waals surface area (Å²) in [5.41, 5.74) is 1.79. The Kier molecular flexibility index (Phi) is 4.45. The van der Waals surface area contributed by atoms with E-state index in [1.165, 1.54) is 10.2 Å². The molecule has 2 aromatic rings. The Morgan fingerprint density at radius 3 is 2.45 bits per heavy atom. The third kappa shape index (κ3) is 3.15. The SMILES string of the molecule is Cn1ncc(C(=O)N2CCN(Cc3ccccc3)CC2)c1Cl. The van der Waals surface area contributed by atoms with E-state index in [4.69, 9.17) is 11.6 Å². The van der Waals surface area contributed by atoms with Crippen molar-refractivity contribution in [1.29, 1.82) is 0 Å². The van der Waals surface area contributed by atoms with E-state index in [1.807, 2.05) is 11.0 Å². The maximum Gasteiger partial charge on any atom is 0.258 e. The van der Waals surface area contributed by atoms with E-state index >= 15 is 0 Å². The van der Waals surface area contributed by atoms with Gasteiger partial charge in [-0.15, -0.1) is 0 Å². The van der Waals surface area contributed by atoms with Crippen LogP contribution in [0.1, 0.15) is 15.9 Å². The quantitative estimate of drug-likeness (QED) is 0.869. The highest BCUT2D eigenvalue weighted by molar-refractivity contribution is 6.32. The summed E-state index contributed by atoms with van der Waals surface area (Å²) < 4.78 is 1.51. The molecule has 6 heteroatoms. The van der Waals surface area contributed by atoms with E-state index in [9.17, 15) is 4.79 Å². The van der Waals surface area contributed by atoms with Crippen LogP contribution in [-0.2, 0) is 13.6 Å². The normalized spacial score (nSPS) is 16.0. The van der Waals surface area contributed by atoms with E-state index < -0.39 is 0 Å². The fraction of sp³-hybridized carbons (Fsp3) is 0.375. The third-order valence-electron chi connectivity index (χ3n) is 4.01. The predicted octanol–water partition coefficient (Wildman–Crippen LogP) is 2.03. The molecule has 116 valence electrons. The van der Waals surface area contributed by atoms with Crippen LogP contribution in [0.2, 0.25) is 5.15 Å². The maximum absolute atomic E-state index is 12.5. The van der Waals surface area contributed by atoms with Gasteiger partial charge in [-0.2, -0.15) is 5.10 Å². The fourth-order valence-corrected chi connectivity index (χ4v) is 2.86. The van der Waals surface area contributed by atoms with Crippen molar-refractivity contribution in [2.45, 2.75) is 6.54 Å². The number of piperazine rings is 1. The van der Waals surface area contributed by atoms with Crippen LogP contribution in [0, 0.1) is 0 Å². The van der Waals surface area contributed by atoms with Crippen molar-refractivity contribution in [2.24, 2.45) is 7.05 Å². The minimum absolute atomic E-state index is 0.0301. The first-order valence-corrected chi connectivity index (χ1v) is 7.76. The summed E-state index contributed by atoms with van der Waals surface area (Å²) in [5.74, 6) is -0.0301. The van der Waals surface area contributed by atoms with Crippen molar-refractivity contribution in [3.8, 4) is 0 Å². The molecule has 22 heavy (non-hydrogen) atoms. The van der Waals surface area contributed by atoms with Crippen LogP contribution in [0.4, 0.5) is 0 Å². The Morgan fingerprint density at radius 1 is 1.18 bits per heavy atom. The topological polar surface area (TPSA) is 41.4 Å². The lowest BCUT2D eigenvalue weighted by molar-refractivity contribution is 0.0628. The lowest BCUT2D eigenvalue weighted by atomic mass is 10.2. The summed E-state index contributed by atoms with van der Waals surface area (Å²) in [4.78, 5) is 16.7. The number of amides is 1. The number of halogens is 1. The van der Waals surface area contributed by atoms with E-state index in [0.717, 1.165) is 32.7 Å². The van der Waals surface area contributed by atoms with Crippen molar-refractivity contribution in [1.82, 2.24) is 19.6 Å². The molecule has 0 N–H and O–H groups in total. The van der Waals surface area contributed by atoms with Crippen LogP contribution in [-0.4, -0.2) is 51.7 Å². The van der Waals surface area contributed by atoms with Gasteiger partial charge in [0.1, 0.15) is 5.15 Å². The second-order valence-electron chi connectivity index (χ2n) is 5.53. The van der Waals surface area contributed by atoms with Gasteiger partial charge in [-0.1, -0.05) is 41.9 Å². The number of carbonyl (C=O) groups is 1. The second kappa shape index (κ2) is 6.50. The van der Waals surface area contributed by atoms with Crippen molar-refractivity contribution in [3.05, 3.63) is 52.8 Å². The number of aromatic nitrogens is 2. The van der Waals surface area contributed by atoms with Crippen LogP contribution >= 0.6 is 11.6 Å². The van der Waals surface area contributed by atoms with Crippen molar-refractivity contribution in [3.63, 3.8) is 0 Å². The van der Waals surface area contributed by atoms with Crippen LogP contribution in [0.25, 0.3) is 0 Å². The van der Waals surface area contributed by atoms with Gasteiger partial charge in [0.05, 0.1) is 11.8 Å². The van der Waals surface area contributed by atoms with Crippen LogP contribution < -0.4 is 0 Å². The molecule has 1 aromatic heterocycles. The molecule has 3 rings (SSSR count). The van der Waals surface area contributed by atoms with Gasteiger partial charge >= 0.3 is 0 Å². The van der Waals surface area contributed by atoms with E-state index in [-0.39, 0.29) is 5.91 Å². The highest BCUT2D eigenvalue weighted by Crippen LogP contribution is 2.18. The molecule has 5 nitrogen and oxygen atoms in total. The Bertz CT molecular complexity index is 647. The van der Waals surface area contributed by atoms with Gasteiger partial charge in [0.2, 0.25) is 0 Å². The number of carbonyl (C=O) groups excluding carboxylic acids is 1. The summed E-state index contributed by atoms with van der Waals surface area (Å²) in [6.07, 6.45) is 1.54. The smallest absolute Gasteiger partial charge is 0.258 e. The molecule has 0 atom stereocenters. The van der Waals surface area contributed by atoms with Gasteiger partial charge < -0.3 is 4.90 Å². The number of nitrogens with zero attached hydrogens (tertiary/aromatic N) is 4. The summed E-state index contributed by atoms with van der Waals surface area (Å²) in [6.45, 7) is 4.11. The number of hydrogen-bond donors (Lipinski definition) is 0. The molecule has 1 aromatic carbocycles. The monoisotopic (exact) mass is 318 g/mol. The molecule has 0 unspecified atom stereocenters. The van der Waals surface area contributed by atoms with Crippen molar-refractivity contribution < 1.29 is 4.79 Å². The molecule has 1 saturated heterocycles. The molecule has 0 saturated carbocycles. The number of hydrogen-bond acceptors (Lipinski definition) is 3. The standard InChI is InChI=1S/C16H19ClN4O/c1-19-15(17)14(11-18-19)16(22)21-9-7-20(8-10-21)12-13-5-3-2-4-6-13/h2-6,11H,7-10,12H2,1H3. The largest absolute Gasteiger partial charge is 0.336 e. The number of rotatable bonds is 3. The minimum Gasteiger partial charge on any atom is -0.336 e.